The summed E-state index contributed by atoms with van der Waals surface area (Å²) in [5, 5.41) is 17.0. The van der Waals surface area contributed by atoms with Gasteiger partial charge in [0.2, 0.25) is 0 Å². The Bertz CT molecular complexity index is 504. The molecule has 0 saturated heterocycles. The van der Waals surface area contributed by atoms with E-state index in [4.69, 9.17) is 0 Å². The van der Waals surface area contributed by atoms with Crippen molar-refractivity contribution in [1.82, 2.24) is 15.2 Å². The molecule has 7 heteroatoms. The highest BCUT2D eigenvalue weighted by atomic mass is 16.6. The summed E-state index contributed by atoms with van der Waals surface area (Å²) in [6.07, 6.45) is 3.94. The zero-order chi connectivity index (χ0) is 14.7. The molecule has 0 aliphatic heterocycles. The topological polar surface area (TPSA) is 89.2 Å². The van der Waals surface area contributed by atoms with Gasteiger partial charge in [-0.25, -0.2) is 4.57 Å². The molecular formula is C13H20N4O3. The summed E-state index contributed by atoms with van der Waals surface area (Å²) in [5.74, 6) is -0.317. The van der Waals surface area contributed by atoms with Crippen LogP contribution in [0.2, 0.25) is 0 Å². The van der Waals surface area contributed by atoms with Gasteiger partial charge in [-0.15, -0.1) is 0 Å². The maximum atomic E-state index is 12.2. The summed E-state index contributed by atoms with van der Waals surface area (Å²) >= 11 is 0. The molecular weight excluding hydrogens is 260 g/mol. The van der Waals surface area contributed by atoms with Crippen molar-refractivity contribution in [3.63, 3.8) is 0 Å². The van der Waals surface area contributed by atoms with Crippen LogP contribution in [0.5, 0.6) is 0 Å². The summed E-state index contributed by atoms with van der Waals surface area (Å²) < 4.78 is 1.31. The van der Waals surface area contributed by atoms with Crippen molar-refractivity contribution in [2.75, 3.05) is 7.05 Å². The molecule has 1 aliphatic carbocycles. The highest BCUT2D eigenvalue weighted by Crippen LogP contribution is 2.20. The van der Waals surface area contributed by atoms with Crippen LogP contribution in [0.15, 0.2) is 12.1 Å². The molecule has 2 rings (SSSR count). The maximum absolute atomic E-state index is 12.2. The molecule has 1 fully saturated rings. The lowest BCUT2D eigenvalue weighted by atomic mass is 9.91. The largest absolute Gasteiger partial charge is 0.358 e. The maximum Gasteiger partial charge on any atom is 0.323 e. The molecule has 1 aliphatic rings. The smallest absolute Gasteiger partial charge is 0.323 e. The van der Waals surface area contributed by atoms with Crippen LogP contribution < -0.4 is 10.6 Å². The van der Waals surface area contributed by atoms with Crippen LogP contribution in [-0.4, -0.2) is 34.5 Å². The molecule has 0 spiro atoms. The Morgan fingerprint density at radius 2 is 1.90 bits per heavy atom. The first-order valence-corrected chi connectivity index (χ1v) is 6.81. The van der Waals surface area contributed by atoms with E-state index in [9.17, 15) is 14.9 Å². The molecule has 0 atom stereocenters. The monoisotopic (exact) mass is 280 g/mol. The number of rotatable bonds is 4. The van der Waals surface area contributed by atoms with Crippen molar-refractivity contribution in [1.29, 1.82) is 0 Å². The van der Waals surface area contributed by atoms with Crippen LogP contribution in [0.25, 0.3) is 0 Å². The molecule has 0 unspecified atom stereocenters. The minimum atomic E-state index is -0.491. The van der Waals surface area contributed by atoms with E-state index in [1.807, 2.05) is 7.05 Å². The fraction of sp³-hybridized carbons (Fsp3) is 0.615. The Balaban J connectivity index is 1.97. The number of nitrogens with one attached hydrogen (secondary N) is 2. The van der Waals surface area contributed by atoms with E-state index in [1.54, 1.807) is 0 Å². The molecule has 1 aromatic rings. The number of carbonyl (C=O) groups excluding carboxylic acids is 1. The molecule has 110 valence electrons. The molecule has 0 aromatic carbocycles. The van der Waals surface area contributed by atoms with Crippen molar-refractivity contribution in [3.8, 4) is 0 Å². The average Bonchev–Trinajstić information content (AvgIpc) is 2.81. The SMILES string of the molecule is CNC1CCC(NC(=O)c2ccc([N+](=O)[O-])n2C)CC1. The summed E-state index contributed by atoms with van der Waals surface area (Å²) in [4.78, 5) is 22.4. The number of nitro groups is 1. The van der Waals surface area contributed by atoms with Gasteiger partial charge in [-0.2, -0.15) is 0 Å². The summed E-state index contributed by atoms with van der Waals surface area (Å²) in [6, 6.07) is 3.53. The standard InChI is InChI=1S/C13H20N4O3/c1-14-9-3-5-10(6-4-9)15-13(18)11-7-8-12(16(11)2)17(19)20/h7-10,14H,3-6H2,1-2H3,(H,15,18). The average molecular weight is 280 g/mol. The second-order valence-electron chi connectivity index (χ2n) is 5.20. The Hall–Kier alpha value is -1.89. The molecule has 1 heterocycles. The summed E-state index contributed by atoms with van der Waals surface area (Å²) in [5.41, 5.74) is 0.326. The number of aromatic nitrogens is 1. The third-order valence-electron chi connectivity index (χ3n) is 3.99. The first-order valence-electron chi connectivity index (χ1n) is 6.81. The van der Waals surface area contributed by atoms with Crippen molar-refractivity contribution in [3.05, 3.63) is 27.9 Å². The van der Waals surface area contributed by atoms with E-state index in [0.717, 1.165) is 25.7 Å². The van der Waals surface area contributed by atoms with Crippen molar-refractivity contribution in [2.24, 2.45) is 7.05 Å². The minimum absolute atomic E-state index is 0.0750. The van der Waals surface area contributed by atoms with Gasteiger partial charge in [0.05, 0.1) is 7.05 Å². The van der Waals surface area contributed by atoms with Crippen LogP contribution >= 0.6 is 0 Å². The number of carbonyl (C=O) groups is 1. The number of amides is 1. The Morgan fingerprint density at radius 1 is 1.30 bits per heavy atom. The van der Waals surface area contributed by atoms with Crippen LogP contribution in [0.3, 0.4) is 0 Å². The van der Waals surface area contributed by atoms with Gasteiger partial charge in [-0.05, 0) is 43.7 Å². The molecule has 7 nitrogen and oxygen atoms in total. The molecule has 2 N–H and O–H groups in total. The van der Waals surface area contributed by atoms with Crippen molar-refractivity contribution < 1.29 is 9.72 Å². The number of hydrogen-bond acceptors (Lipinski definition) is 4. The predicted octanol–water partition coefficient (Wildman–Crippen LogP) is 1.19. The minimum Gasteiger partial charge on any atom is -0.358 e. The fourth-order valence-electron chi connectivity index (χ4n) is 2.70. The summed E-state index contributed by atoms with van der Waals surface area (Å²) in [6.45, 7) is 0. The molecule has 20 heavy (non-hydrogen) atoms. The van der Waals surface area contributed by atoms with E-state index in [0.29, 0.717) is 11.7 Å². The Kier molecular flexibility index (Phi) is 4.39. The van der Waals surface area contributed by atoms with Crippen molar-refractivity contribution >= 4 is 11.7 Å². The highest BCUT2D eigenvalue weighted by molar-refractivity contribution is 5.93. The van der Waals surface area contributed by atoms with E-state index in [2.05, 4.69) is 10.6 Å². The van der Waals surface area contributed by atoms with E-state index in [-0.39, 0.29) is 17.8 Å². The number of nitrogens with zero attached hydrogens (tertiary/aromatic N) is 2. The van der Waals surface area contributed by atoms with Crippen LogP contribution in [-0.2, 0) is 7.05 Å². The summed E-state index contributed by atoms with van der Waals surface area (Å²) in [7, 11) is 3.48. The lowest BCUT2D eigenvalue weighted by Crippen LogP contribution is -2.41. The molecule has 1 amide bonds. The first-order chi connectivity index (χ1) is 9.52. The van der Waals surface area contributed by atoms with E-state index >= 15 is 0 Å². The van der Waals surface area contributed by atoms with Gasteiger partial charge in [-0.1, -0.05) is 0 Å². The zero-order valence-electron chi connectivity index (χ0n) is 11.8. The normalized spacial score (nSPS) is 22.5. The quantitative estimate of drug-likeness (QED) is 0.640. The third kappa shape index (κ3) is 2.98. The molecule has 0 bridgehead atoms. The van der Waals surface area contributed by atoms with Gasteiger partial charge in [0.25, 0.3) is 5.91 Å². The van der Waals surface area contributed by atoms with Gasteiger partial charge in [0.1, 0.15) is 0 Å². The zero-order valence-corrected chi connectivity index (χ0v) is 11.8. The van der Waals surface area contributed by atoms with Crippen molar-refractivity contribution in [2.45, 2.75) is 37.8 Å². The Labute approximate surface area is 117 Å². The molecule has 1 aromatic heterocycles. The lowest BCUT2D eigenvalue weighted by molar-refractivity contribution is -0.391. The van der Waals surface area contributed by atoms with Gasteiger partial charge in [0.15, 0.2) is 5.69 Å². The van der Waals surface area contributed by atoms with Gasteiger partial charge < -0.3 is 20.7 Å². The number of hydrogen-bond donors (Lipinski definition) is 2. The third-order valence-corrected chi connectivity index (χ3v) is 3.99. The Morgan fingerprint density at radius 3 is 2.40 bits per heavy atom. The van der Waals surface area contributed by atoms with E-state index in [1.165, 1.54) is 23.7 Å². The molecule has 0 radical (unpaired) electrons. The van der Waals surface area contributed by atoms with Crippen LogP contribution in [0.4, 0.5) is 5.82 Å². The second-order valence-corrected chi connectivity index (χ2v) is 5.20. The first kappa shape index (κ1) is 14.5. The van der Waals surface area contributed by atoms with Gasteiger partial charge in [0, 0.05) is 18.2 Å². The van der Waals surface area contributed by atoms with Crippen LogP contribution in [0, 0.1) is 10.1 Å². The van der Waals surface area contributed by atoms with Gasteiger partial charge in [-0.3, -0.25) is 4.79 Å². The highest BCUT2D eigenvalue weighted by Gasteiger charge is 2.25. The molecule has 1 saturated carbocycles. The van der Waals surface area contributed by atoms with Gasteiger partial charge >= 0.3 is 5.82 Å². The lowest BCUT2D eigenvalue weighted by Gasteiger charge is -2.28. The second kappa shape index (κ2) is 6.04. The predicted molar refractivity (Wildman–Crippen MR) is 74.6 cm³/mol. The van der Waals surface area contributed by atoms with E-state index < -0.39 is 4.92 Å². The fourth-order valence-corrected chi connectivity index (χ4v) is 2.70. The van der Waals surface area contributed by atoms with Crippen LogP contribution in [0.1, 0.15) is 36.2 Å².